The van der Waals surface area contributed by atoms with E-state index in [1.165, 1.54) is 16.8 Å². The van der Waals surface area contributed by atoms with Gasteiger partial charge in [-0.2, -0.15) is 0 Å². The number of aromatic nitrogens is 1. The molecule has 5 aliphatic heterocycles. The number of benzene rings is 1. The Morgan fingerprint density at radius 3 is 2.77 bits per heavy atom. The van der Waals surface area contributed by atoms with Crippen LogP contribution in [0.2, 0.25) is 0 Å². The summed E-state index contributed by atoms with van der Waals surface area (Å²) in [6.45, 7) is 8.67. The van der Waals surface area contributed by atoms with Gasteiger partial charge in [-0.1, -0.05) is 30.9 Å². The van der Waals surface area contributed by atoms with Gasteiger partial charge < -0.3 is 15.1 Å². The first kappa shape index (κ1) is 21.6. The largest absolute Gasteiger partial charge is 0.369 e. The van der Waals surface area contributed by atoms with Gasteiger partial charge in [0.1, 0.15) is 5.82 Å². The lowest BCUT2D eigenvalue weighted by molar-refractivity contribution is 0.237. The topological polar surface area (TPSA) is 56.1 Å². The molecule has 2 bridgehead atoms. The van der Waals surface area contributed by atoms with E-state index in [-0.39, 0.29) is 0 Å². The molecule has 1 aromatic carbocycles. The zero-order chi connectivity index (χ0) is 23.8. The van der Waals surface area contributed by atoms with Crippen molar-refractivity contribution in [2.24, 2.45) is 9.98 Å². The number of piperidine rings is 1. The summed E-state index contributed by atoms with van der Waals surface area (Å²) in [5.41, 5.74) is 7.82. The fourth-order valence-electron chi connectivity index (χ4n) is 5.36. The lowest BCUT2D eigenvalue weighted by Crippen LogP contribution is -2.41. The Hall–Kier alpha value is -3.93. The van der Waals surface area contributed by atoms with Crippen LogP contribution in [-0.4, -0.2) is 46.0 Å². The maximum Gasteiger partial charge on any atom is 0.158 e. The summed E-state index contributed by atoms with van der Waals surface area (Å²) in [7, 11) is 0. The third-order valence-electron chi connectivity index (χ3n) is 7.11. The molecule has 2 aromatic rings. The lowest BCUT2D eigenvalue weighted by Gasteiger charge is -2.34. The van der Waals surface area contributed by atoms with E-state index in [1.807, 2.05) is 24.8 Å². The van der Waals surface area contributed by atoms with Gasteiger partial charge in [-0.05, 0) is 61.1 Å². The molecule has 1 aromatic heterocycles. The van der Waals surface area contributed by atoms with Crippen LogP contribution < -0.4 is 5.32 Å². The maximum atomic E-state index is 5.26. The summed E-state index contributed by atoms with van der Waals surface area (Å²) in [5.74, 6) is 1.84. The van der Waals surface area contributed by atoms with Crippen molar-refractivity contribution in [1.82, 2.24) is 14.8 Å². The molecule has 7 rings (SSSR count). The van der Waals surface area contributed by atoms with Gasteiger partial charge in [0.2, 0.25) is 0 Å². The minimum Gasteiger partial charge on any atom is -0.369 e. The molecule has 176 valence electrons. The number of allylic oxidation sites excluding steroid dienone is 3. The van der Waals surface area contributed by atoms with E-state index in [0.717, 1.165) is 72.9 Å². The second-order valence-corrected chi connectivity index (χ2v) is 9.53. The Labute approximate surface area is 206 Å². The Kier molecular flexibility index (Phi) is 5.57. The molecule has 3 saturated heterocycles. The van der Waals surface area contributed by atoms with Crippen LogP contribution in [0.4, 0.5) is 5.69 Å². The molecule has 0 atom stereocenters. The zero-order valence-corrected chi connectivity index (χ0v) is 20.1. The normalized spacial score (nSPS) is 19.3. The number of amidine groups is 1. The number of hydrogen-bond donors (Lipinski definition) is 1. The average Bonchev–Trinajstić information content (AvgIpc) is 3.21. The van der Waals surface area contributed by atoms with Crippen molar-refractivity contribution in [3.8, 4) is 0 Å². The Balaban J connectivity index is 1.35. The Morgan fingerprint density at radius 2 is 1.97 bits per heavy atom. The molecule has 0 amide bonds. The molecule has 3 fully saturated rings. The van der Waals surface area contributed by atoms with Crippen molar-refractivity contribution in [3.05, 3.63) is 95.9 Å². The van der Waals surface area contributed by atoms with Gasteiger partial charge in [-0.3, -0.25) is 9.98 Å². The van der Waals surface area contributed by atoms with Crippen molar-refractivity contribution in [2.75, 3.05) is 18.4 Å². The molecule has 0 radical (unpaired) electrons. The SMILES string of the molecule is C=C(Nc1cccc(C2=CN=CC2)c1)N1C2=NC(c3cncc(C)c3)=CCC=C2N2CCC1CC2. The Morgan fingerprint density at radius 1 is 1.09 bits per heavy atom. The summed E-state index contributed by atoms with van der Waals surface area (Å²) in [6, 6.07) is 11.0. The first-order valence-corrected chi connectivity index (χ1v) is 12.4. The molecule has 6 heteroatoms. The predicted molar refractivity (Wildman–Crippen MR) is 144 cm³/mol. The van der Waals surface area contributed by atoms with Crippen LogP contribution in [0.25, 0.3) is 11.3 Å². The number of pyridine rings is 1. The van der Waals surface area contributed by atoms with Gasteiger partial charge >= 0.3 is 0 Å². The van der Waals surface area contributed by atoms with Crippen LogP contribution in [0.1, 0.15) is 42.4 Å². The lowest BCUT2D eigenvalue weighted by atomic mass is 10.0. The molecule has 1 N–H and O–H groups in total. The second-order valence-electron chi connectivity index (χ2n) is 9.53. The van der Waals surface area contributed by atoms with E-state index in [9.17, 15) is 0 Å². The van der Waals surface area contributed by atoms with Gasteiger partial charge in [0.15, 0.2) is 5.84 Å². The van der Waals surface area contributed by atoms with E-state index in [2.05, 4.69) is 81.1 Å². The molecule has 0 spiro atoms. The number of anilines is 1. The van der Waals surface area contributed by atoms with E-state index < -0.39 is 0 Å². The van der Waals surface area contributed by atoms with Gasteiger partial charge in [0.05, 0.1) is 11.4 Å². The van der Waals surface area contributed by atoms with Crippen LogP contribution >= 0.6 is 0 Å². The highest BCUT2D eigenvalue weighted by molar-refractivity contribution is 6.03. The first-order chi connectivity index (χ1) is 17.2. The third-order valence-corrected chi connectivity index (χ3v) is 7.11. The van der Waals surface area contributed by atoms with E-state index >= 15 is 0 Å². The van der Waals surface area contributed by atoms with Crippen LogP contribution in [-0.2, 0) is 0 Å². The van der Waals surface area contributed by atoms with Crippen molar-refractivity contribution >= 4 is 29.0 Å². The number of nitrogens with zero attached hydrogens (tertiary/aromatic N) is 5. The summed E-state index contributed by atoms with van der Waals surface area (Å²) in [5, 5.41) is 3.61. The number of aliphatic imine (C=N–C) groups is 2. The highest BCUT2D eigenvalue weighted by Gasteiger charge is 2.37. The van der Waals surface area contributed by atoms with Gasteiger partial charge in [0, 0.05) is 61.6 Å². The second kappa shape index (κ2) is 9.02. The van der Waals surface area contributed by atoms with Crippen molar-refractivity contribution < 1.29 is 0 Å². The Bertz CT molecular complexity index is 1320. The van der Waals surface area contributed by atoms with Crippen LogP contribution in [0.5, 0.6) is 0 Å². The number of aryl methyl sites for hydroxylation is 1. The number of hydrogen-bond acceptors (Lipinski definition) is 6. The smallest absolute Gasteiger partial charge is 0.158 e. The van der Waals surface area contributed by atoms with Crippen LogP contribution in [0.3, 0.4) is 0 Å². The van der Waals surface area contributed by atoms with Gasteiger partial charge in [-0.25, -0.2) is 4.99 Å². The molecule has 6 nitrogen and oxygen atoms in total. The number of fused-ring (bicyclic) bond motifs is 2. The fourth-order valence-corrected chi connectivity index (χ4v) is 5.36. The summed E-state index contributed by atoms with van der Waals surface area (Å²) in [6.07, 6.45) is 16.1. The molecule has 35 heavy (non-hydrogen) atoms. The molecule has 0 aliphatic carbocycles. The summed E-state index contributed by atoms with van der Waals surface area (Å²) in [4.78, 5) is 18.8. The molecule has 0 saturated carbocycles. The summed E-state index contributed by atoms with van der Waals surface area (Å²) < 4.78 is 0. The number of nitrogens with one attached hydrogen (secondary N) is 1. The predicted octanol–water partition coefficient (Wildman–Crippen LogP) is 5.60. The molecule has 6 heterocycles. The summed E-state index contributed by atoms with van der Waals surface area (Å²) >= 11 is 0. The first-order valence-electron chi connectivity index (χ1n) is 12.4. The molecule has 0 unspecified atom stereocenters. The average molecular weight is 463 g/mol. The maximum absolute atomic E-state index is 5.26. The van der Waals surface area contributed by atoms with Crippen molar-refractivity contribution in [2.45, 2.75) is 38.6 Å². The van der Waals surface area contributed by atoms with Crippen LogP contribution in [0.15, 0.2) is 89.2 Å². The minimum absolute atomic E-state index is 0.361. The molecule has 5 aliphatic rings. The standard InChI is InChI=1S/C29H30N6/c1-20-15-24(19-31-17-20)27-7-4-8-28-29(33-27)35(26-10-13-34(28)14-11-26)21(2)32-25-6-3-5-22(16-25)23-9-12-30-18-23/h3,5-8,12,15-19,26,32H,2,4,9-11,13-14H2,1H3. The third kappa shape index (κ3) is 4.20. The highest BCUT2D eigenvalue weighted by atomic mass is 15.4. The quantitative estimate of drug-likeness (QED) is 0.629. The van der Waals surface area contributed by atoms with Gasteiger partial charge in [-0.15, -0.1) is 0 Å². The highest BCUT2D eigenvalue weighted by Crippen LogP contribution is 2.35. The van der Waals surface area contributed by atoms with Crippen LogP contribution in [0, 0.1) is 6.92 Å². The van der Waals surface area contributed by atoms with E-state index in [1.54, 1.807) is 0 Å². The van der Waals surface area contributed by atoms with Crippen molar-refractivity contribution in [1.29, 1.82) is 0 Å². The van der Waals surface area contributed by atoms with E-state index in [0.29, 0.717) is 6.04 Å². The monoisotopic (exact) mass is 462 g/mol. The van der Waals surface area contributed by atoms with Crippen molar-refractivity contribution in [3.63, 3.8) is 0 Å². The zero-order valence-electron chi connectivity index (χ0n) is 20.1. The molecular weight excluding hydrogens is 432 g/mol. The number of rotatable bonds is 5. The fraction of sp³-hybridized carbons (Fsp3) is 0.276. The molecular formula is C29H30N6. The minimum atomic E-state index is 0.361. The van der Waals surface area contributed by atoms with E-state index in [4.69, 9.17) is 4.99 Å². The van der Waals surface area contributed by atoms with Gasteiger partial charge in [0.25, 0.3) is 0 Å².